The minimum atomic E-state index is -4.90. The quantitative estimate of drug-likeness (QED) is 0.660. The fourth-order valence-electron chi connectivity index (χ4n) is 4.17. The third-order valence-corrected chi connectivity index (χ3v) is 5.10. The Bertz CT molecular complexity index is 764. The lowest BCUT2D eigenvalue weighted by atomic mass is 9.57. The monoisotopic (exact) mass is 427 g/mol. The summed E-state index contributed by atoms with van der Waals surface area (Å²) < 4.78 is 82.0. The molecule has 2 aliphatic rings. The predicted octanol–water partition coefficient (Wildman–Crippen LogP) is 4.65. The van der Waals surface area contributed by atoms with E-state index in [1.54, 1.807) is 25.7 Å². The molecule has 1 amide bonds. The van der Waals surface area contributed by atoms with E-state index in [1.165, 1.54) is 0 Å². The number of hydrogen-bond donors (Lipinski definition) is 0. The van der Waals surface area contributed by atoms with Gasteiger partial charge in [-0.05, 0) is 52.0 Å². The van der Waals surface area contributed by atoms with Crippen LogP contribution in [0.3, 0.4) is 0 Å². The van der Waals surface area contributed by atoms with Crippen molar-refractivity contribution in [1.82, 2.24) is 14.7 Å². The molecule has 2 fully saturated rings. The van der Waals surface area contributed by atoms with Crippen LogP contribution in [0.25, 0.3) is 0 Å². The molecule has 2 heterocycles. The van der Waals surface area contributed by atoms with E-state index in [0.29, 0.717) is 32.0 Å². The molecule has 0 unspecified atom stereocenters. The highest BCUT2D eigenvalue weighted by molar-refractivity contribution is 5.69. The van der Waals surface area contributed by atoms with Gasteiger partial charge in [0, 0.05) is 18.5 Å². The molecule has 1 aliphatic heterocycles. The predicted molar refractivity (Wildman–Crippen MR) is 90.0 cm³/mol. The lowest BCUT2D eigenvalue weighted by molar-refractivity contribution is -0.160. The SMILES string of the molecule is CC(C)(C)OC(=O)N1CC2(CC(Cc3cc(C(F)(F)F)n(CC(F)(F)F)n3)C2)C1. The minimum absolute atomic E-state index is 0.00440. The van der Waals surface area contributed by atoms with Crippen molar-refractivity contribution in [1.29, 1.82) is 0 Å². The van der Waals surface area contributed by atoms with E-state index >= 15 is 0 Å². The van der Waals surface area contributed by atoms with Gasteiger partial charge < -0.3 is 9.64 Å². The van der Waals surface area contributed by atoms with Crippen molar-refractivity contribution in [2.45, 2.75) is 64.5 Å². The summed E-state index contributed by atoms with van der Waals surface area (Å²) in [5.74, 6) is 0.0334. The molecular weight excluding hydrogens is 404 g/mol. The Balaban J connectivity index is 1.55. The summed E-state index contributed by atoms with van der Waals surface area (Å²) in [5, 5.41) is 3.55. The highest BCUT2D eigenvalue weighted by Gasteiger charge is 2.54. The maximum atomic E-state index is 13.0. The topological polar surface area (TPSA) is 47.4 Å². The molecule has 0 bridgehead atoms. The number of likely N-dealkylation sites (tertiary alicyclic amines) is 1. The van der Waals surface area contributed by atoms with Gasteiger partial charge in [0.15, 0.2) is 0 Å². The average Bonchev–Trinajstić information content (AvgIpc) is 2.78. The van der Waals surface area contributed by atoms with Crippen LogP contribution >= 0.6 is 0 Å². The molecule has 5 nitrogen and oxygen atoms in total. The van der Waals surface area contributed by atoms with Gasteiger partial charge in [-0.1, -0.05) is 0 Å². The van der Waals surface area contributed by atoms with Crippen molar-refractivity contribution in [2.75, 3.05) is 13.1 Å². The first-order chi connectivity index (χ1) is 13.1. The Morgan fingerprint density at radius 1 is 1.17 bits per heavy atom. The third-order valence-electron chi connectivity index (χ3n) is 5.10. The van der Waals surface area contributed by atoms with Crippen LogP contribution in [0.1, 0.15) is 45.0 Å². The summed E-state index contributed by atoms with van der Waals surface area (Å²) in [4.78, 5) is 13.6. The van der Waals surface area contributed by atoms with E-state index in [4.69, 9.17) is 4.74 Å². The molecule has 1 saturated heterocycles. The number of carbonyl (C=O) groups is 1. The highest BCUT2D eigenvalue weighted by atomic mass is 19.4. The largest absolute Gasteiger partial charge is 0.444 e. The second-order valence-corrected chi connectivity index (χ2v) is 9.11. The average molecular weight is 427 g/mol. The van der Waals surface area contributed by atoms with E-state index in [2.05, 4.69) is 5.10 Å². The van der Waals surface area contributed by atoms with Gasteiger partial charge in [-0.2, -0.15) is 31.4 Å². The lowest BCUT2D eigenvalue weighted by Gasteiger charge is -2.58. The summed E-state index contributed by atoms with van der Waals surface area (Å²) in [5.41, 5.74) is -2.04. The molecule has 0 N–H and O–H groups in total. The van der Waals surface area contributed by atoms with Gasteiger partial charge in [0.1, 0.15) is 17.8 Å². The Morgan fingerprint density at radius 3 is 2.24 bits per heavy atom. The minimum Gasteiger partial charge on any atom is -0.444 e. The van der Waals surface area contributed by atoms with Crippen molar-refractivity contribution in [2.24, 2.45) is 11.3 Å². The number of amides is 1. The Morgan fingerprint density at radius 2 is 1.76 bits per heavy atom. The van der Waals surface area contributed by atoms with Crippen LogP contribution in [-0.4, -0.2) is 45.6 Å². The van der Waals surface area contributed by atoms with Crippen LogP contribution in [0, 0.1) is 11.3 Å². The lowest BCUT2D eigenvalue weighted by Crippen LogP contribution is -2.64. The Hall–Kier alpha value is -1.94. The molecule has 11 heteroatoms. The molecule has 0 aromatic carbocycles. The van der Waals surface area contributed by atoms with Gasteiger partial charge in [0.25, 0.3) is 0 Å². The number of hydrogen-bond acceptors (Lipinski definition) is 3. The van der Waals surface area contributed by atoms with Crippen molar-refractivity contribution in [3.05, 3.63) is 17.5 Å². The standard InChI is InChI=1S/C18H23F6N3O2/c1-15(2,3)29-14(28)26-8-16(9-26)6-11(7-16)4-12-5-13(18(22,23)24)27(25-12)10-17(19,20)21/h5,11H,4,6-10H2,1-3H3. The smallest absolute Gasteiger partial charge is 0.433 e. The second kappa shape index (κ2) is 6.80. The normalized spacial score (nSPS) is 19.8. The Kier molecular flexibility index (Phi) is 5.10. The fraction of sp³-hybridized carbons (Fsp3) is 0.778. The van der Waals surface area contributed by atoms with Crippen molar-refractivity contribution in [3.63, 3.8) is 0 Å². The van der Waals surface area contributed by atoms with Gasteiger partial charge in [0.05, 0.1) is 5.69 Å². The molecule has 0 atom stereocenters. The number of aromatic nitrogens is 2. The molecule has 1 aliphatic carbocycles. The second-order valence-electron chi connectivity index (χ2n) is 9.11. The maximum absolute atomic E-state index is 13.0. The van der Waals surface area contributed by atoms with Gasteiger partial charge in [-0.25, -0.2) is 4.79 Å². The zero-order valence-electron chi connectivity index (χ0n) is 16.3. The molecule has 164 valence electrons. The summed E-state index contributed by atoms with van der Waals surface area (Å²) in [6, 6.07) is 0.699. The zero-order chi connectivity index (χ0) is 21.8. The van der Waals surface area contributed by atoms with Crippen molar-refractivity contribution >= 4 is 6.09 Å². The maximum Gasteiger partial charge on any atom is 0.433 e. The first-order valence-electron chi connectivity index (χ1n) is 9.24. The Labute approximate surface area is 164 Å². The van der Waals surface area contributed by atoms with E-state index in [-0.39, 0.29) is 28.1 Å². The molecular formula is C18H23F6N3O2. The molecule has 0 radical (unpaired) electrons. The van der Waals surface area contributed by atoms with Gasteiger partial charge in [-0.3, -0.25) is 4.68 Å². The first kappa shape index (κ1) is 21.8. The summed E-state index contributed by atoms with van der Waals surface area (Å²) in [6.45, 7) is 4.58. The number of nitrogens with zero attached hydrogens (tertiary/aromatic N) is 3. The van der Waals surface area contributed by atoms with Crippen LogP contribution in [0.4, 0.5) is 31.1 Å². The third kappa shape index (κ3) is 5.16. The molecule has 1 saturated carbocycles. The van der Waals surface area contributed by atoms with E-state index in [1.807, 2.05) is 0 Å². The van der Waals surface area contributed by atoms with E-state index < -0.39 is 36.3 Å². The van der Waals surface area contributed by atoms with E-state index in [0.717, 1.165) is 0 Å². The molecule has 1 aromatic rings. The van der Waals surface area contributed by atoms with Gasteiger partial charge in [0.2, 0.25) is 0 Å². The van der Waals surface area contributed by atoms with Crippen LogP contribution in [0.2, 0.25) is 0 Å². The van der Waals surface area contributed by atoms with Gasteiger partial charge >= 0.3 is 18.4 Å². The van der Waals surface area contributed by atoms with Crippen LogP contribution in [-0.2, 0) is 23.9 Å². The molecule has 1 aromatic heterocycles. The van der Waals surface area contributed by atoms with Crippen molar-refractivity contribution in [3.8, 4) is 0 Å². The first-order valence-corrected chi connectivity index (χ1v) is 9.24. The summed E-state index contributed by atoms with van der Waals surface area (Å²) >= 11 is 0. The molecule has 29 heavy (non-hydrogen) atoms. The highest BCUT2D eigenvalue weighted by Crippen LogP contribution is 2.53. The van der Waals surface area contributed by atoms with Crippen LogP contribution < -0.4 is 0 Å². The van der Waals surface area contributed by atoms with Crippen LogP contribution in [0.15, 0.2) is 6.07 Å². The number of carbonyl (C=O) groups excluding carboxylic acids is 1. The number of halogens is 6. The van der Waals surface area contributed by atoms with E-state index in [9.17, 15) is 31.1 Å². The number of ether oxygens (including phenoxy) is 1. The van der Waals surface area contributed by atoms with Crippen LogP contribution in [0.5, 0.6) is 0 Å². The number of alkyl halides is 6. The summed E-state index contributed by atoms with van der Waals surface area (Å²) in [7, 11) is 0. The number of rotatable bonds is 3. The zero-order valence-corrected chi connectivity index (χ0v) is 16.3. The molecule has 1 spiro atoms. The fourth-order valence-corrected chi connectivity index (χ4v) is 4.17. The van der Waals surface area contributed by atoms with Crippen molar-refractivity contribution < 1.29 is 35.9 Å². The molecule has 3 rings (SSSR count). The summed E-state index contributed by atoms with van der Waals surface area (Å²) in [6.07, 6.45) is -8.52. The van der Waals surface area contributed by atoms with Gasteiger partial charge in [-0.15, -0.1) is 0 Å².